The lowest BCUT2D eigenvalue weighted by Crippen LogP contribution is -2.54. The van der Waals surface area contributed by atoms with Crippen molar-refractivity contribution in [2.75, 3.05) is 31.5 Å². The van der Waals surface area contributed by atoms with Crippen molar-refractivity contribution in [2.24, 2.45) is 0 Å². The smallest absolute Gasteiger partial charge is 0.264 e. The Morgan fingerprint density at radius 1 is 0.947 bits per heavy atom. The quantitative estimate of drug-likeness (QED) is 0.380. The molecule has 38 heavy (non-hydrogen) atoms. The minimum atomic E-state index is -0.993. The molecule has 0 saturated carbocycles. The highest BCUT2D eigenvalue weighted by atomic mass is 16.2. The van der Waals surface area contributed by atoms with E-state index in [1.807, 2.05) is 12.2 Å². The normalized spacial score (nSPS) is 21.5. The second-order valence-electron chi connectivity index (χ2n) is 9.96. The first-order valence-corrected chi connectivity index (χ1v) is 13.4. The predicted octanol–water partition coefficient (Wildman–Crippen LogP) is 3.99. The van der Waals surface area contributed by atoms with Crippen LogP contribution in [-0.2, 0) is 9.59 Å². The van der Waals surface area contributed by atoms with E-state index in [0.717, 1.165) is 35.7 Å². The van der Waals surface area contributed by atoms with Crippen LogP contribution in [0.3, 0.4) is 0 Å². The Labute approximate surface area is 224 Å². The molecule has 1 unspecified atom stereocenters. The summed E-state index contributed by atoms with van der Waals surface area (Å²) in [5.41, 5.74) is 3.04. The molecule has 2 N–H and O–H groups in total. The van der Waals surface area contributed by atoms with Gasteiger partial charge in [-0.3, -0.25) is 34.3 Å². The first-order valence-electron chi connectivity index (χ1n) is 13.4. The highest BCUT2D eigenvalue weighted by Gasteiger charge is 2.45. The SMILES string of the molecule is C=C/C(=C\C=C(/C=C)CN1CCCCCCC1)CNc1cccc2c1C(=O)N(C1CCC(=O)NC1=O)C2=O. The molecule has 4 rings (SSSR count). The number of likely N-dealkylation sites (tertiary alicyclic amines) is 1. The number of nitrogens with zero attached hydrogens (tertiary/aromatic N) is 2. The third-order valence-electron chi connectivity index (χ3n) is 7.34. The number of hydrogen-bond donors (Lipinski definition) is 2. The molecule has 0 bridgehead atoms. The van der Waals surface area contributed by atoms with Crippen LogP contribution in [0.1, 0.15) is 65.7 Å². The zero-order valence-corrected chi connectivity index (χ0v) is 21.8. The standard InChI is InChI=1S/C30H36N4O4/c1-3-21(13-14-22(4-2)20-33-17-8-6-5-7-9-18-33)19-31-24-12-10-11-23-27(24)30(38)34(29(23)37)25-15-16-26(35)32-28(25)36/h3-4,10-14,25,31H,1-2,5-9,15-20H2,(H,32,35,36)/b21-13+,22-14+. The predicted molar refractivity (Wildman–Crippen MR) is 148 cm³/mol. The van der Waals surface area contributed by atoms with Crippen LogP contribution in [0.5, 0.6) is 0 Å². The molecule has 1 aromatic carbocycles. The number of carbonyl (C=O) groups excluding carboxylic acids is 4. The average molecular weight is 517 g/mol. The molecule has 0 spiro atoms. The molecular formula is C30H36N4O4. The molecule has 4 amide bonds. The fraction of sp³-hybridized carbons (Fsp3) is 0.400. The van der Waals surface area contributed by atoms with Gasteiger partial charge in [-0.15, -0.1) is 0 Å². The number of piperidine rings is 1. The van der Waals surface area contributed by atoms with Gasteiger partial charge >= 0.3 is 0 Å². The molecule has 0 radical (unpaired) electrons. The van der Waals surface area contributed by atoms with Crippen LogP contribution in [0, 0.1) is 0 Å². The summed E-state index contributed by atoms with van der Waals surface area (Å²) in [6, 6.07) is 4.04. The number of benzene rings is 1. The molecule has 1 atom stereocenters. The topological polar surface area (TPSA) is 98.8 Å². The van der Waals surface area contributed by atoms with E-state index in [2.05, 4.69) is 34.8 Å². The lowest BCUT2D eigenvalue weighted by Gasteiger charge is -2.27. The molecule has 8 heteroatoms. The maximum Gasteiger partial charge on any atom is 0.264 e. The number of fused-ring (bicyclic) bond motifs is 1. The number of amides is 4. The van der Waals surface area contributed by atoms with Gasteiger partial charge in [0, 0.05) is 25.2 Å². The number of hydrogen-bond acceptors (Lipinski definition) is 6. The van der Waals surface area contributed by atoms with Crippen molar-refractivity contribution in [1.29, 1.82) is 0 Å². The van der Waals surface area contributed by atoms with Gasteiger partial charge in [0.05, 0.1) is 11.1 Å². The van der Waals surface area contributed by atoms with Crippen LogP contribution in [0.25, 0.3) is 0 Å². The van der Waals surface area contributed by atoms with Crippen molar-refractivity contribution < 1.29 is 19.2 Å². The lowest BCUT2D eigenvalue weighted by molar-refractivity contribution is -0.136. The molecule has 2 saturated heterocycles. The average Bonchev–Trinajstić information content (AvgIpc) is 3.14. The van der Waals surface area contributed by atoms with Gasteiger partial charge in [-0.2, -0.15) is 0 Å². The van der Waals surface area contributed by atoms with Gasteiger partial charge in [0.15, 0.2) is 0 Å². The van der Waals surface area contributed by atoms with E-state index in [4.69, 9.17) is 0 Å². The van der Waals surface area contributed by atoms with E-state index in [9.17, 15) is 19.2 Å². The number of allylic oxidation sites excluding steroid dienone is 2. The highest BCUT2D eigenvalue weighted by Crippen LogP contribution is 2.32. The maximum absolute atomic E-state index is 13.3. The van der Waals surface area contributed by atoms with E-state index >= 15 is 0 Å². The van der Waals surface area contributed by atoms with Gasteiger partial charge in [0.2, 0.25) is 11.8 Å². The van der Waals surface area contributed by atoms with E-state index in [1.54, 1.807) is 24.3 Å². The number of nitrogens with one attached hydrogen (secondary N) is 2. The van der Waals surface area contributed by atoms with Gasteiger partial charge in [-0.25, -0.2) is 0 Å². The van der Waals surface area contributed by atoms with E-state index in [1.165, 1.54) is 32.1 Å². The molecule has 1 aromatic rings. The van der Waals surface area contributed by atoms with Crippen molar-refractivity contribution in [2.45, 2.75) is 51.0 Å². The summed E-state index contributed by atoms with van der Waals surface area (Å²) in [4.78, 5) is 53.7. The van der Waals surface area contributed by atoms with Gasteiger partial charge in [0.25, 0.3) is 11.8 Å². The molecule has 3 heterocycles. The van der Waals surface area contributed by atoms with Crippen molar-refractivity contribution in [1.82, 2.24) is 15.1 Å². The second-order valence-corrected chi connectivity index (χ2v) is 9.96. The van der Waals surface area contributed by atoms with E-state index in [-0.39, 0.29) is 24.0 Å². The Kier molecular flexibility index (Phi) is 9.07. The van der Waals surface area contributed by atoms with Crippen LogP contribution in [0.4, 0.5) is 5.69 Å². The van der Waals surface area contributed by atoms with Crippen molar-refractivity contribution >= 4 is 29.3 Å². The zero-order chi connectivity index (χ0) is 27.1. The van der Waals surface area contributed by atoms with Crippen molar-refractivity contribution in [3.05, 3.63) is 77.9 Å². The molecule has 0 aliphatic carbocycles. The second kappa shape index (κ2) is 12.6. The minimum Gasteiger partial charge on any atom is -0.380 e. The van der Waals surface area contributed by atoms with Crippen LogP contribution >= 0.6 is 0 Å². The number of rotatable bonds is 9. The van der Waals surface area contributed by atoms with Gasteiger partial charge < -0.3 is 5.32 Å². The molecule has 0 aromatic heterocycles. The van der Waals surface area contributed by atoms with E-state index < -0.39 is 29.7 Å². The highest BCUT2D eigenvalue weighted by molar-refractivity contribution is 6.25. The molecule has 200 valence electrons. The Hall–Kier alpha value is -3.78. The fourth-order valence-electron chi connectivity index (χ4n) is 5.19. The number of imide groups is 2. The first-order chi connectivity index (χ1) is 18.4. The van der Waals surface area contributed by atoms with Crippen molar-refractivity contribution in [3.8, 4) is 0 Å². The molecule has 3 aliphatic rings. The maximum atomic E-state index is 13.3. The zero-order valence-electron chi connectivity index (χ0n) is 21.8. The summed E-state index contributed by atoms with van der Waals surface area (Å²) in [5.74, 6) is -2.08. The molecule has 8 nitrogen and oxygen atoms in total. The first kappa shape index (κ1) is 27.3. The molecular weight excluding hydrogens is 480 g/mol. The summed E-state index contributed by atoms with van der Waals surface area (Å²) >= 11 is 0. The van der Waals surface area contributed by atoms with Crippen LogP contribution in [0.2, 0.25) is 0 Å². The van der Waals surface area contributed by atoms with Crippen LogP contribution in [-0.4, -0.2) is 65.6 Å². The Morgan fingerprint density at radius 3 is 2.32 bits per heavy atom. The summed E-state index contributed by atoms with van der Waals surface area (Å²) in [6.07, 6.45) is 14.3. The molecule has 3 aliphatic heterocycles. The summed E-state index contributed by atoms with van der Waals surface area (Å²) in [6.45, 7) is 11.4. The minimum absolute atomic E-state index is 0.0837. The summed E-state index contributed by atoms with van der Waals surface area (Å²) < 4.78 is 0. The lowest BCUT2D eigenvalue weighted by atomic mass is 10.0. The van der Waals surface area contributed by atoms with E-state index in [0.29, 0.717) is 12.2 Å². The monoisotopic (exact) mass is 516 g/mol. The third kappa shape index (κ3) is 6.19. The Morgan fingerprint density at radius 2 is 1.63 bits per heavy atom. The van der Waals surface area contributed by atoms with Crippen LogP contribution in [0.15, 0.2) is 66.8 Å². The largest absolute Gasteiger partial charge is 0.380 e. The van der Waals surface area contributed by atoms with Crippen molar-refractivity contribution in [3.63, 3.8) is 0 Å². The Balaban J connectivity index is 1.45. The van der Waals surface area contributed by atoms with Gasteiger partial charge in [-0.1, -0.05) is 62.8 Å². The Bertz CT molecular complexity index is 1190. The number of anilines is 1. The summed E-state index contributed by atoms with van der Waals surface area (Å²) in [7, 11) is 0. The van der Waals surface area contributed by atoms with Gasteiger partial charge in [0.1, 0.15) is 6.04 Å². The third-order valence-corrected chi connectivity index (χ3v) is 7.34. The fourth-order valence-corrected chi connectivity index (χ4v) is 5.19. The summed E-state index contributed by atoms with van der Waals surface area (Å²) in [5, 5.41) is 5.49. The van der Waals surface area contributed by atoms with Crippen LogP contribution < -0.4 is 10.6 Å². The number of carbonyl (C=O) groups is 4. The molecule has 2 fully saturated rings. The van der Waals surface area contributed by atoms with Gasteiger partial charge in [-0.05, 0) is 55.6 Å².